The quantitative estimate of drug-likeness (QED) is 0.121. The van der Waals surface area contributed by atoms with E-state index in [1.54, 1.807) is 6.07 Å². The number of aliphatic hydroxyl groups excluding tert-OH is 8. The summed E-state index contributed by atoms with van der Waals surface area (Å²) in [4.78, 5) is 0. The van der Waals surface area contributed by atoms with E-state index in [-0.39, 0.29) is 24.5 Å². The summed E-state index contributed by atoms with van der Waals surface area (Å²) < 4.78 is 33.5. The van der Waals surface area contributed by atoms with Crippen LogP contribution in [0.5, 0.6) is 11.5 Å². The van der Waals surface area contributed by atoms with E-state index in [0.717, 1.165) is 0 Å². The van der Waals surface area contributed by atoms with Crippen LogP contribution >= 0.6 is 0 Å². The van der Waals surface area contributed by atoms with E-state index in [9.17, 15) is 51.1 Å². The van der Waals surface area contributed by atoms with Gasteiger partial charge in [0.25, 0.3) is 0 Å². The van der Waals surface area contributed by atoms with Gasteiger partial charge in [0, 0.05) is 0 Å². The van der Waals surface area contributed by atoms with E-state index in [1.165, 1.54) is 19.1 Å². The van der Waals surface area contributed by atoms with E-state index in [1.807, 2.05) is 0 Å². The highest BCUT2D eigenvalue weighted by molar-refractivity contribution is 5.40. The fraction of sp³-hybridized carbons (Fsp3) is 0.760. The number of aromatic hydroxyl groups is 2. The molecular weight excluding hydrogens is 556 g/mol. The minimum absolute atomic E-state index is 0.0500. The van der Waals surface area contributed by atoms with Crippen LogP contribution in [0.25, 0.3) is 0 Å². The van der Waals surface area contributed by atoms with E-state index in [2.05, 4.69) is 0 Å². The molecule has 0 unspecified atom stereocenters. The smallest absolute Gasteiger partial charge is 0.187 e. The molecule has 3 aliphatic rings. The minimum Gasteiger partial charge on any atom is -0.504 e. The zero-order valence-electron chi connectivity index (χ0n) is 22.1. The maximum absolute atomic E-state index is 11.0. The lowest BCUT2D eigenvalue weighted by molar-refractivity contribution is -0.381. The molecule has 3 heterocycles. The van der Waals surface area contributed by atoms with Crippen LogP contribution in [0.3, 0.4) is 0 Å². The van der Waals surface area contributed by atoms with Crippen LogP contribution in [0.15, 0.2) is 18.2 Å². The summed E-state index contributed by atoms with van der Waals surface area (Å²) in [5.74, 6) is -0.617. The summed E-state index contributed by atoms with van der Waals surface area (Å²) >= 11 is 0. The van der Waals surface area contributed by atoms with Crippen molar-refractivity contribution in [2.24, 2.45) is 0 Å². The lowest BCUT2D eigenvalue weighted by atomic mass is 9.97. The third-order valence-corrected chi connectivity index (χ3v) is 7.36. The molecular formula is C25H38O16. The molecule has 10 N–H and O–H groups in total. The Morgan fingerprint density at radius 1 is 0.756 bits per heavy atom. The van der Waals surface area contributed by atoms with Crippen molar-refractivity contribution in [2.45, 2.75) is 99.4 Å². The topological polar surface area (TPSA) is 258 Å². The number of aliphatic hydroxyl groups is 8. The van der Waals surface area contributed by atoms with Gasteiger partial charge >= 0.3 is 0 Å². The van der Waals surface area contributed by atoms with Crippen LogP contribution in [-0.4, -0.2) is 157 Å². The van der Waals surface area contributed by atoms with Gasteiger partial charge in [-0.15, -0.1) is 0 Å². The van der Waals surface area contributed by atoms with Gasteiger partial charge in [0.2, 0.25) is 0 Å². The predicted octanol–water partition coefficient (Wildman–Crippen LogP) is -4.23. The van der Waals surface area contributed by atoms with Crippen LogP contribution < -0.4 is 0 Å². The van der Waals surface area contributed by atoms with Gasteiger partial charge in [-0.3, -0.25) is 0 Å². The number of phenols is 2. The summed E-state index contributed by atoms with van der Waals surface area (Å²) in [5, 5.41) is 102. The second-order valence-electron chi connectivity index (χ2n) is 10.3. The van der Waals surface area contributed by atoms with E-state index < -0.39 is 99.2 Å². The Hall–Kier alpha value is -1.74. The number of ether oxygens (including phenoxy) is 6. The molecule has 0 amide bonds. The Bertz CT molecular complexity index is 983. The van der Waals surface area contributed by atoms with E-state index >= 15 is 0 Å². The standard InChI is InChI=1S/C25H38O16/c1-9-15(30)18(33)22(41-23-19(34)16(31)13(29)8-37-23)25(38-9)40-21-17(32)14(7-26)39-24(20(21)35)36-5-4-10-2-3-11(27)12(28)6-10/h2-3,6,9,13-35H,4-5,7-8H2,1H3/t9-,13+,14-,15+,16+,17-,18-,19-,20-,21-,22-,23-,24-,25+/m1/s1. The van der Waals surface area contributed by atoms with Gasteiger partial charge in [0.15, 0.2) is 30.4 Å². The molecule has 1 aromatic rings. The van der Waals surface area contributed by atoms with Crippen LogP contribution in [0.4, 0.5) is 0 Å². The molecule has 14 atom stereocenters. The molecule has 1 aromatic carbocycles. The first-order chi connectivity index (χ1) is 19.4. The van der Waals surface area contributed by atoms with Gasteiger partial charge < -0.3 is 79.5 Å². The van der Waals surface area contributed by atoms with Crippen molar-refractivity contribution >= 4 is 0 Å². The van der Waals surface area contributed by atoms with Crippen LogP contribution in [0, 0.1) is 0 Å². The molecule has 4 rings (SSSR count). The molecule has 3 aliphatic heterocycles. The van der Waals surface area contributed by atoms with Crippen molar-refractivity contribution in [3.05, 3.63) is 23.8 Å². The van der Waals surface area contributed by atoms with Gasteiger partial charge in [-0.25, -0.2) is 0 Å². The monoisotopic (exact) mass is 594 g/mol. The first-order valence-corrected chi connectivity index (χ1v) is 13.2. The largest absolute Gasteiger partial charge is 0.504 e. The number of benzene rings is 1. The second-order valence-corrected chi connectivity index (χ2v) is 10.3. The van der Waals surface area contributed by atoms with Crippen molar-refractivity contribution < 1.29 is 79.5 Å². The molecule has 0 bridgehead atoms. The third-order valence-electron chi connectivity index (χ3n) is 7.36. The molecule has 3 saturated heterocycles. The summed E-state index contributed by atoms with van der Waals surface area (Å²) in [6.07, 6.45) is -21.0. The normalized spacial score (nSPS) is 43.6. The van der Waals surface area contributed by atoms with Crippen molar-refractivity contribution in [1.29, 1.82) is 0 Å². The van der Waals surface area contributed by atoms with E-state index in [4.69, 9.17) is 28.4 Å². The highest BCUT2D eigenvalue weighted by Gasteiger charge is 2.52. The maximum atomic E-state index is 11.0. The van der Waals surface area contributed by atoms with Crippen LogP contribution in [-0.2, 0) is 34.8 Å². The highest BCUT2D eigenvalue weighted by Crippen LogP contribution is 2.32. The van der Waals surface area contributed by atoms with Gasteiger partial charge in [-0.2, -0.15) is 0 Å². The average molecular weight is 595 g/mol. The third kappa shape index (κ3) is 7.09. The molecule has 0 saturated carbocycles. The number of hydrogen-bond acceptors (Lipinski definition) is 16. The number of rotatable bonds is 9. The fourth-order valence-electron chi connectivity index (χ4n) is 4.83. The van der Waals surface area contributed by atoms with Crippen molar-refractivity contribution in [3.8, 4) is 11.5 Å². The Balaban J connectivity index is 1.47. The number of phenolic OH excluding ortho intramolecular Hbond substituents is 2. The van der Waals surface area contributed by atoms with Crippen LogP contribution in [0.1, 0.15) is 12.5 Å². The Morgan fingerprint density at radius 2 is 1.46 bits per heavy atom. The first kappa shape index (κ1) is 32.2. The Morgan fingerprint density at radius 3 is 2.15 bits per heavy atom. The Labute approximate surface area is 234 Å². The Kier molecular flexibility index (Phi) is 10.8. The summed E-state index contributed by atoms with van der Waals surface area (Å²) in [6, 6.07) is 4.18. The number of hydrogen-bond donors (Lipinski definition) is 10. The molecule has 0 radical (unpaired) electrons. The van der Waals surface area contributed by atoms with Crippen molar-refractivity contribution in [2.75, 3.05) is 19.8 Å². The first-order valence-electron chi connectivity index (χ1n) is 13.2. The highest BCUT2D eigenvalue weighted by atomic mass is 16.8. The molecule has 234 valence electrons. The molecule has 3 fully saturated rings. The zero-order valence-corrected chi connectivity index (χ0v) is 22.1. The van der Waals surface area contributed by atoms with Gasteiger partial charge in [-0.1, -0.05) is 6.07 Å². The minimum atomic E-state index is -1.74. The molecule has 0 aromatic heterocycles. The maximum Gasteiger partial charge on any atom is 0.187 e. The molecule has 0 spiro atoms. The van der Waals surface area contributed by atoms with Crippen molar-refractivity contribution in [1.82, 2.24) is 0 Å². The SMILES string of the molecule is C[C@H]1O[C@@H](O[C@H]2[C@@H](O)[C@H](OCCc3ccc(O)c(O)c3)O[C@H](CO)[C@H]2O)[C@H](O[C@H]2OC[C@H](O)[C@H](O)[C@H]2O)[C@H](O)[C@H]1O. The lowest BCUT2D eigenvalue weighted by Gasteiger charge is -2.47. The predicted molar refractivity (Wildman–Crippen MR) is 131 cm³/mol. The van der Waals surface area contributed by atoms with Gasteiger partial charge in [0.05, 0.1) is 25.9 Å². The second kappa shape index (κ2) is 13.7. The fourth-order valence-corrected chi connectivity index (χ4v) is 4.83. The van der Waals surface area contributed by atoms with Crippen molar-refractivity contribution in [3.63, 3.8) is 0 Å². The molecule has 0 aliphatic carbocycles. The lowest BCUT2D eigenvalue weighted by Crippen LogP contribution is -2.65. The average Bonchev–Trinajstić information content (AvgIpc) is 2.94. The molecule has 16 nitrogen and oxygen atoms in total. The zero-order chi connectivity index (χ0) is 30.0. The van der Waals surface area contributed by atoms with Gasteiger partial charge in [-0.05, 0) is 31.0 Å². The molecule has 41 heavy (non-hydrogen) atoms. The summed E-state index contributed by atoms with van der Waals surface area (Å²) in [5.41, 5.74) is 0.596. The summed E-state index contributed by atoms with van der Waals surface area (Å²) in [7, 11) is 0. The molecule has 16 heteroatoms. The van der Waals surface area contributed by atoms with E-state index in [0.29, 0.717) is 5.56 Å². The summed E-state index contributed by atoms with van der Waals surface area (Å²) in [6.45, 7) is 0.277. The van der Waals surface area contributed by atoms with Gasteiger partial charge in [0.1, 0.15) is 61.0 Å². The van der Waals surface area contributed by atoms with Crippen LogP contribution in [0.2, 0.25) is 0 Å².